The standard InChI is InChI=1S/C23H26N4O5S/c1-5-27(6-2)33(30,31)20-14-17(10-11-19(20)32-4)23(29)25-18-9-7-8-16(13-18)22-24-15(3)12-21(28)26-22/h7-14H,5-6H2,1-4H3,(H,25,29)(H,24,26,28). The van der Waals surface area contributed by atoms with Crippen molar-refractivity contribution >= 4 is 21.6 Å². The third-order valence-electron chi connectivity index (χ3n) is 5.01. The number of hydrogen-bond donors (Lipinski definition) is 2. The molecule has 3 aromatic rings. The molecule has 0 saturated heterocycles. The van der Waals surface area contributed by atoms with Crippen molar-refractivity contribution in [3.05, 3.63) is 70.1 Å². The fourth-order valence-electron chi connectivity index (χ4n) is 3.39. The van der Waals surface area contributed by atoms with Crippen LogP contribution in [0.2, 0.25) is 0 Å². The van der Waals surface area contributed by atoms with Gasteiger partial charge in [-0.15, -0.1) is 0 Å². The summed E-state index contributed by atoms with van der Waals surface area (Å²) in [5.41, 5.74) is 1.54. The number of carbonyl (C=O) groups excluding carboxylic acids is 1. The topological polar surface area (TPSA) is 121 Å². The van der Waals surface area contributed by atoms with Crippen molar-refractivity contribution in [3.8, 4) is 17.1 Å². The molecular weight excluding hydrogens is 444 g/mol. The summed E-state index contributed by atoms with van der Waals surface area (Å²) in [5.74, 6) is 0.0552. The molecular formula is C23H26N4O5S. The van der Waals surface area contributed by atoms with Gasteiger partial charge in [0.25, 0.3) is 11.5 Å². The molecule has 1 heterocycles. The number of amides is 1. The first kappa shape index (κ1) is 24.1. The molecule has 1 aromatic heterocycles. The molecule has 2 aromatic carbocycles. The number of sulfonamides is 1. The SMILES string of the molecule is CCN(CC)S(=O)(=O)c1cc(C(=O)Nc2cccc(-c3nc(C)cc(=O)[nH]3)c2)ccc1OC. The summed E-state index contributed by atoms with van der Waals surface area (Å²) in [4.78, 5) is 31.6. The number of methoxy groups -OCH3 is 1. The van der Waals surface area contributed by atoms with Gasteiger partial charge in [0.05, 0.1) is 7.11 Å². The van der Waals surface area contributed by atoms with E-state index in [4.69, 9.17) is 4.74 Å². The zero-order valence-corrected chi connectivity index (χ0v) is 19.7. The van der Waals surface area contributed by atoms with Crippen molar-refractivity contribution < 1.29 is 17.9 Å². The molecule has 0 unspecified atom stereocenters. The van der Waals surface area contributed by atoms with Gasteiger partial charge in [0.2, 0.25) is 10.0 Å². The number of benzene rings is 2. The van der Waals surface area contributed by atoms with Gasteiger partial charge in [-0.25, -0.2) is 13.4 Å². The van der Waals surface area contributed by atoms with Gasteiger partial charge in [0, 0.05) is 41.7 Å². The zero-order valence-electron chi connectivity index (χ0n) is 18.9. The number of anilines is 1. The summed E-state index contributed by atoms with van der Waals surface area (Å²) in [6.07, 6.45) is 0. The van der Waals surface area contributed by atoms with Gasteiger partial charge in [-0.2, -0.15) is 4.31 Å². The van der Waals surface area contributed by atoms with E-state index in [-0.39, 0.29) is 21.8 Å². The lowest BCUT2D eigenvalue weighted by Crippen LogP contribution is -2.31. The highest BCUT2D eigenvalue weighted by Gasteiger charge is 2.26. The highest BCUT2D eigenvalue weighted by Crippen LogP contribution is 2.28. The van der Waals surface area contributed by atoms with Crippen molar-refractivity contribution in [2.24, 2.45) is 0 Å². The number of ether oxygens (including phenoxy) is 1. The van der Waals surface area contributed by atoms with Crippen LogP contribution < -0.4 is 15.6 Å². The molecule has 0 bridgehead atoms. The number of aromatic amines is 1. The van der Waals surface area contributed by atoms with Crippen LogP contribution in [-0.4, -0.2) is 48.8 Å². The quantitative estimate of drug-likeness (QED) is 0.522. The fraction of sp³-hybridized carbons (Fsp3) is 0.261. The molecule has 0 aliphatic carbocycles. The first-order valence-corrected chi connectivity index (χ1v) is 11.8. The Kier molecular flexibility index (Phi) is 7.29. The monoisotopic (exact) mass is 470 g/mol. The summed E-state index contributed by atoms with van der Waals surface area (Å²) >= 11 is 0. The fourth-order valence-corrected chi connectivity index (χ4v) is 5.02. The number of carbonyl (C=O) groups is 1. The van der Waals surface area contributed by atoms with Crippen LogP contribution in [0.15, 0.2) is 58.2 Å². The lowest BCUT2D eigenvalue weighted by molar-refractivity contribution is 0.102. The highest BCUT2D eigenvalue weighted by atomic mass is 32.2. The Bertz CT molecular complexity index is 1330. The second-order valence-corrected chi connectivity index (χ2v) is 9.13. The van der Waals surface area contributed by atoms with E-state index >= 15 is 0 Å². The summed E-state index contributed by atoms with van der Waals surface area (Å²) in [6.45, 7) is 5.79. The van der Waals surface area contributed by atoms with Crippen molar-refractivity contribution in [2.75, 3.05) is 25.5 Å². The molecule has 33 heavy (non-hydrogen) atoms. The van der Waals surface area contributed by atoms with Crippen LogP contribution in [0.1, 0.15) is 29.9 Å². The number of rotatable bonds is 8. The van der Waals surface area contributed by atoms with Gasteiger partial charge < -0.3 is 15.0 Å². The smallest absolute Gasteiger partial charge is 0.255 e. The number of H-pyrrole nitrogens is 1. The molecule has 174 valence electrons. The van der Waals surface area contributed by atoms with E-state index in [0.29, 0.717) is 35.9 Å². The van der Waals surface area contributed by atoms with Crippen LogP contribution >= 0.6 is 0 Å². The maximum atomic E-state index is 13.0. The Morgan fingerprint density at radius 2 is 1.85 bits per heavy atom. The Balaban J connectivity index is 1.93. The van der Waals surface area contributed by atoms with Gasteiger partial charge in [0.15, 0.2) is 0 Å². The Labute approximate surface area is 192 Å². The zero-order chi connectivity index (χ0) is 24.2. The molecule has 0 aliphatic rings. The molecule has 0 saturated carbocycles. The van der Waals surface area contributed by atoms with Crippen LogP contribution in [0.5, 0.6) is 5.75 Å². The van der Waals surface area contributed by atoms with Gasteiger partial charge in [-0.05, 0) is 37.3 Å². The van der Waals surface area contributed by atoms with Crippen LogP contribution in [0, 0.1) is 6.92 Å². The summed E-state index contributed by atoms with van der Waals surface area (Å²) in [7, 11) is -2.46. The predicted octanol–water partition coefficient (Wildman–Crippen LogP) is 3.04. The Hall–Kier alpha value is -3.50. The Morgan fingerprint density at radius 1 is 1.12 bits per heavy atom. The second-order valence-electron chi connectivity index (χ2n) is 7.23. The number of nitrogens with one attached hydrogen (secondary N) is 2. The molecule has 10 heteroatoms. The predicted molar refractivity (Wildman–Crippen MR) is 126 cm³/mol. The van der Waals surface area contributed by atoms with E-state index in [0.717, 1.165) is 0 Å². The van der Waals surface area contributed by atoms with E-state index in [1.54, 1.807) is 45.0 Å². The first-order chi connectivity index (χ1) is 15.7. The van der Waals surface area contributed by atoms with E-state index in [1.807, 2.05) is 0 Å². The number of aryl methyl sites for hydroxylation is 1. The highest BCUT2D eigenvalue weighted by molar-refractivity contribution is 7.89. The van der Waals surface area contributed by atoms with E-state index < -0.39 is 15.9 Å². The molecule has 0 aliphatic heterocycles. The molecule has 0 atom stereocenters. The van der Waals surface area contributed by atoms with Crippen LogP contribution in [0.4, 0.5) is 5.69 Å². The average Bonchev–Trinajstić information content (AvgIpc) is 2.78. The molecule has 2 N–H and O–H groups in total. The summed E-state index contributed by atoms with van der Waals surface area (Å²) in [5, 5.41) is 2.76. The maximum absolute atomic E-state index is 13.0. The molecule has 0 fully saturated rings. The molecule has 3 rings (SSSR count). The number of aromatic nitrogens is 2. The third-order valence-corrected chi connectivity index (χ3v) is 7.08. The second kappa shape index (κ2) is 9.97. The summed E-state index contributed by atoms with van der Waals surface area (Å²) < 4.78 is 32.6. The molecule has 0 spiro atoms. The van der Waals surface area contributed by atoms with Crippen LogP contribution in [0.25, 0.3) is 11.4 Å². The van der Waals surface area contributed by atoms with Gasteiger partial charge >= 0.3 is 0 Å². The molecule has 9 nitrogen and oxygen atoms in total. The van der Waals surface area contributed by atoms with Gasteiger partial charge in [-0.3, -0.25) is 9.59 Å². The maximum Gasteiger partial charge on any atom is 0.255 e. The first-order valence-electron chi connectivity index (χ1n) is 10.4. The average molecular weight is 471 g/mol. The van der Waals surface area contributed by atoms with Crippen molar-refractivity contribution in [1.82, 2.24) is 14.3 Å². The van der Waals surface area contributed by atoms with Crippen molar-refractivity contribution in [1.29, 1.82) is 0 Å². The largest absolute Gasteiger partial charge is 0.495 e. The van der Waals surface area contributed by atoms with Gasteiger partial charge in [-0.1, -0.05) is 26.0 Å². The third kappa shape index (κ3) is 5.29. The van der Waals surface area contributed by atoms with E-state index in [1.165, 1.54) is 35.7 Å². The van der Waals surface area contributed by atoms with Crippen LogP contribution in [-0.2, 0) is 10.0 Å². The van der Waals surface area contributed by atoms with Crippen LogP contribution in [0.3, 0.4) is 0 Å². The normalized spacial score (nSPS) is 11.4. The molecule has 0 radical (unpaired) electrons. The number of nitrogens with zero attached hydrogens (tertiary/aromatic N) is 2. The van der Waals surface area contributed by atoms with E-state index in [2.05, 4.69) is 15.3 Å². The minimum atomic E-state index is -3.84. The van der Waals surface area contributed by atoms with Crippen molar-refractivity contribution in [2.45, 2.75) is 25.7 Å². The molecule has 1 amide bonds. The van der Waals surface area contributed by atoms with Crippen molar-refractivity contribution in [3.63, 3.8) is 0 Å². The summed E-state index contributed by atoms with van der Waals surface area (Å²) in [6, 6.07) is 12.5. The number of hydrogen-bond acceptors (Lipinski definition) is 6. The Morgan fingerprint density at radius 3 is 2.48 bits per heavy atom. The lowest BCUT2D eigenvalue weighted by Gasteiger charge is -2.20. The van der Waals surface area contributed by atoms with E-state index in [9.17, 15) is 18.0 Å². The lowest BCUT2D eigenvalue weighted by atomic mass is 10.1. The minimum absolute atomic E-state index is 0.0726. The minimum Gasteiger partial charge on any atom is -0.495 e. The van der Waals surface area contributed by atoms with Gasteiger partial charge in [0.1, 0.15) is 16.5 Å².